The minimum absolute atomic E-state index is 0.319. The van der Waals surface area contributed by atoms with E-state index >= 15 is 0 Å². The summed E-state index contributed by atoms with van der Waals surface area (Å²) in [5.41, 5.74) is 1.73. The van der Waals surface area contributed by atoms with E-state index in [1.54, 1.807) is 0 Å². The molecule has 0 spiro atoms. The standard InChI is InChI=1S/C23H37ClN2/c1-23(2,3)22(14-11-19-9-12-20(24)13-10-19)26-17-15-25(16-18-26)21-7-5-4-6-8-21/h9-10,12-13,21-22H,4-8,11,14-18H2,1-3H3. The summed E-state index contributed by atoms with van der Waals surface area (Å²) in [6, 6.07) is 9.92. The van der Waals surface area contributed by atoms with Gasteiger partial charge in [-0.1, -0.05) is 63.8 Å². The minimum atomic E-state index is 0.319. The number of benzene rings is 1. The molecule has 1 aromatic carbocycles. The molecule has 26 heavy (non-hydrogen) atoms. The van der Waals surface area contributed by atoms with Crippen LogP contribution in [0.3, 0.4) is 0 Å². The fourth-order valence-electron chi connectivity index (χ4n) is 4.98. The zero-order valence-corrected chi connectivity index (χ0v) is 17.8. The lowest BCUT2D eigenvalue weighted by Gasteiger charge is -2.47. The summed E-state index contributed by atoms with van der Waals surface area (Å²) in [7, 11) is 0. The van der Waals surface area contributed by atoms with E-state index in [2.05, 4.69) is 42.7 Å². The highest BCUT2D eigenvalue weighted by molar-refractivity contribution is 6.30. The van der Waals surface area contributed by atoms with E-state index in [0.29, 0.717) is 11.5 Å². The van der Waals surface area contributed by atoms with Crippen molar-refractivity contribution in [2.75, 3.05) is 26.2 Å². The van der Waals surface area contributed by atoms with Crippen LogP contribution >= 0.6 is 11.6 Å². The van der Waals surface area contributed by atoms with E-state index in [1.165, 1.54) is 70.3 Å². The molecule has 3 rings (SSSR count). The van der Waals surface area contributed by atoms with Crippen molar-refractivity contribution in [2.45, 2.75) is 77.8 Å². The lowest BCUT2D eigenvalue weighted by molar-refractivity contribution is 0.0197. The molecule has 0 radical (unpaired) electrons. The van der Waals surface area contributed by atoms with Crippen molar-refractivity contribution in [1.29, 1.82) is 0 Å². The van der Waals surface area contributed by atoms with E-state index in [9.17, 15) is 0 Å². The zero-order chi connectivity index (χ0) is 18.6. The van der Waals surface area contributed by atoms with Gasteiger partial charge >= 0.3 is 0 Å². The topological polar surface area (TPSA) is 6.48 Å². The van der Waals surface area contributed by atoms with Crippen molar-refractivity contribution in [3.05, 3.63) is 34.9 Å². The molecule has 0 aromatic heterocycles. The first kappa shape index (κ1) is 20.2. The molecular weight excluding hydrogens is 340 g/mol. The Morgan fingerprint density at radius 3 is 2.15 bits per heavy atom. The lowest BCUT2D eigenvalue weighted by Crippen LogP contribution is -2.56. The summed E-state index contributed by atoms with van der Waals surface area (Å²) < 4.78 is 0. The van der Waals surface area contributed by atoms with Crippen LogP contribution in [0.4, 0.5) is 0 Å². The van der Waals surface area contributed by atoms with Crippen LogP contribution in [0.25, 0.3) is 0 Å². The van der Waals surface area contributed by atoms with Gasteiger partial charge in [-0.2, -0.15) is 0 Å². The fraction of sp³-hybridized carbons (Fsp3) is 0.739. The molecule has 3 heteroatoms. The van der Waals surface area contributed by atoms with Gasteiger partial charge in [0.2, 0.25) is 0 Å². The van der Waals surface area contributed by atoms with Crippen molar-refractivity contribution >= 4 is 11.6 Å². The molecule has 1 saturated heterocycles. The number of rotatable bonds is 5. The van der Waals surface area contributed by atoms with Crippen LogP contribution in [0.15, 0.2) is 24.3 Å². The van der Waals surface area contributed by atoms with Crippen LogP contribution in [-0.2, 0) is 6.42 Å². The number of hydrogen-bond donors (Lipinski definition) is 0. The van der Waals surface area contributed by atoms with Gasteiger partial charge in [-0.15, -0.1) is 0 Å². The molecule has 1 aromatic rings. The summed E-state index contributed by atoms with van der Waals surface area (Å²) in [5.74, 6) is 0. The highest BCUT2D eigenvalue weighted by Crippen LogP contribution is 2.30. The zero-order valence-electron chi connectivity index (χ0n) is 17.0. The fourth-order valence-corrected chi connectivity index (χ4v) is 5.10. The average molecular weight is 377 g/mol. The van der Waals surface area contributed by atoms with Crippen molar-refractivity contribution in [2.24, 2.45) is 5.41 Å². The molecule has 1 saturated carbocycles. The molecule has 146 valence electrons. The van der Waals surface area contributed by atoms with Gasteiger partial charge in [0.25, 0.3) is 0 Å². The monoisotopic (exact) mass is 376 g/mol. The number of piperazine rings is 1. The van der Waals surface area contributed by atoms with Crippen LogP contribution < -0.4 is 0 Å². The molecule has 1 heterocycles. The van der Waals surface area contributed by atoms with Gasteiger partial charge in [0.05, 0.1) is 0 Å². The molecule has 1 aliphatic carbocycles. The summed E-state index contributed by atoms with van der Waals surface area (Å²) >= 11 is 6.03. The molecule has 0 N–H and O–H groups in total. The third kappa shape index (κ3) is 5.47. The van der Waals surface area contributed by atoms with Crippen molar-refractivity contribution in [3.8, 4) is 0 Å². The largest absolute Gasteiger partial charge is 0.298 e. The van der Waals surface area contributed by atoms with E-state index in [0.717, 1.165) is 17.5 Å². The summed E-state index contributed by atoms with van der Waals surface area (Å²) in [6.07, 6.45) is 9.56. The summed E-state index contributed by atoms with van der Waals surface area (Å²) in [6.45, 7) is 12.2. The van der Waals surface area contributed by atoms with Gasteiger partial charge in [-0.3, -0.25) is 9.80 Å². The van der Waals surface area contributed by atoms with Gasteiger partial charge in [-0.05, 0) is 48.8 Å². The van der Waals surface area contributed by atoms with Crippen LogP contribution in [0.2, 0.25) is 5.02 Å². The van der Waals surface area contributed by atoms with Crippen LogP contribution in [-0.4, -0.2) is 48.1 Å². The number of hydrogen-bond acceptors (Lipinski definition) is 2. The van der Waals surface area contributed by atoms with Crippen molar-refractivity contribution in [3.63, 3.8) is 0 Å². The average Bonchev–Trinajstić information content (AvgIpc) is 2.64. The second-order valence-corrected chi connectivity index (χ2v) is 9.85. The van der Waals surface area contributed by atoms with E-state index < -0.39 is 0 Å². The van der Waals surface area contributed by atoms with Crippen molar-refractivity contribution < 1.29 is 0 Å². The predicted molar refractivity (Wildman–Crippen MR) is 113 cm³/mol. The first-order valence-corrected chi connectivity index (χ1v) is 11.0. The SMILES string of the molecule is CC(C)(C)C(CCc1ccc(Cl)cc1)N1CCN(C2CCCCC2)CC1. The lowest BCUT2D eigenvalue weighted by atomic mass is 9.81. The quantitative estimate of drug-likeness (QED) is 0.656. The second-order valence-electron chi connectivity index (χ2n) is 9.41. The van der Waals surface area contributed by atoms with Gasteiger partial charge in [-0.25, -0.2) is 0 Å². The van der Waals surface area contributed by atoms with Crippen LogP contribution in [0.1, 0.15) is 64.9 Å². The first-order chi connectivity index (χ1) is 12.4. The molecule has 0 amide bonds. The van der Waals surface area contributed by atoms with Gasteiger partial charge in [0.1, 0.15) is 0 Å². The summed E-state index contributed by atoms with van der Waals surface area (Å²) in [4.78, 5) is 5.56. The highest BCUT2D eigenvalue weighted by Gasteiger charge is 2.33. The van der Waals surface area contributed by atoms with Gasteiger partial charge in [0.15, 0.2) is 0 Å². The number of aryl methyl sites for hydroxylation is 1. The Morgan fingerprint density at radius 1 is 0.962 bits per heavy atom. The van der Waals surface area contributed by atoms with E-state index in [-0.39, 0.29) is 0 Å². The maximum absolute atomic E-state index is 6.03. The molecule has 1 unspecified atom stereocenters. The molecule has 2 aliphatic rings. The third-order valence-corrected chi connectivity index (χ3v) is 6.75. The third-order valence-electron chi connectivity index (χ3n) is 6.50. The molecular formula is C23H37ClN2. The first-order valence-electron chi connectivity index (χ1n) is 10.7. The Hall–Kier alpha value is -0.570. The second kappa shape index (κ2) is 9.08. The molecule has 1 aliphatic heterocycles. The molecule has 0 bridgehead atoms. The number of nitrogens with zero attached hydrogens (tertiary/aromatic N) is 2. The highest BCUT2D eigenvalue weighted by atomic mass is 35.5. The molecule has 2 nitrogen and oxygen atoms in total. The molecule has 1 atom stereocenters. The van der Waals surface area contributed by atoms with Gasteiger partial charge < -0.3 is 0 Å². The maximum atomic E-state index is 6.03. The van der Waals surface area contributed by atoms with Gasteiger partial charge in [0, 0.05) is 43.3 Å². The number of halogens is 1. The summed E-state index contributed by atoms with van der Waals surface area (Å²) in [5, 5.41) is 0.833. The van der Waals surface area contributed by atoms with Crippen molar-refractivity contribution in [1.82, 2.24) is 9.80 Å². The van der Waals surface area contributed by atoms with Crippen LogP contribution in [0, 0.1) is 5.41 Å². The Kier molecular flexibility index (Phi) is 7.05. The minimum Gasteiger partial charge on any atom is -0.298 e. The van der Waals surface area contributed by atoms with Crippen LogP contribution in [0.5, 0.6) is 0 Å². The van der Waals surface area contributed by atoms with E-state index in [4.69, 9.17) is 11.6 Å². The predicted octanol–water partition coefficient (Wildman–Crippen LogP) is 5.64. The Morgan fingerprint density at radius 2 is 1.58 bits per heavy atom. The smallest absolute Gasteiger partial charge is 0.0406 e. The maximum Gasteiger partial charge on any atom is 0.0406 e. The molecule has 2 fully saturated rings. The van der Waals surface area contributed by atoms with E-state index in [1.807, 2.05) is 12.1 Å². The normalized spacial score (nSPS) is 22.5. The Balaban J connectivity index is 1.55. The Labute approximate surface area is 165 Å². The Bertz CT molecular complexity index is 534.